The SMILES string of the molecule is CCn1cc(CN2CCC[C@@H]2c2cc(C(C)C)no2)c2cc(OC)ccc21. The van der Waals surface area contributed by atoms with Crippen molar-refractivity contribution in [2.24, 2.45) is 0 Å². The molecule has 144 valence electrons. The summed E-state index contributed by atoms with van der Waals surface area (Å²) in [5, 5.41) is 5.55. The monoisotopic (exact) mass is 367 g/mol. The molecule has 1 fully saturated rings. The van der Waals surface area contributed by atoms with E-state index in [4.69, 9.17) is 9.26 Å². The molecule has 0 bridgehead atoms. The van der Waals surface area contributed by atoms with Crippen LogP contribution in [-0.4, -0.2) is 28.3 Å². The van der Waals surface area contributed by atoms with Crippen LogP contribution in [0.4, 0.5) is 0 Å². The molecule has 3 heterocycles. The highest BCUT2D eigenvalue weighted by Gasteiger charge is 2.30. The number of aromatic nitrogens is 2. The molecule has 27 heavy (non-hydrogen) atoms. The zero-order chi connectivity index (χ0) is 19.0. The first-order valence-corrected chi connectivity index (χ1v) is 9.97. The van der Waals surface area contributed by atoms with Crippen molar-refractivity contribution in [3.8, 4) is 5.75 Å². The summed E-state index contributed by atoms with van der Waals surface area (Å²) < 4.78 is 13.5. The first-order chi connectivity index (χ1) is 13.1. The first kappa shape index (κ1) is 18.1. The predicted octanol–water partition coefficient (Wildman–Crippen LogP) is 5.12. The van der Waals surface area contributed by atoms with Gasteiger partial charge >= 0.3 is 0 Å². The first-order valence-electron chi connectivity index (χ1n) is 9.97. The number of hydrogen-bond acceptors (Lipinski definition) is 4. The molecule has 1 aromatic carbocycles. The molecular weight excluding hydrogens is 338 g/mol. The highest BCUT2D eigenvalue weighted by atomic mass is 16.5. The van der Waals surface area contributed by atoms with E-state index in [2.05, 4.69) is 59.8 Å². The van der Waals surface area contributed by atoms with Crippen LogP contribution < -0.4 is 4.74 Å². The van der Waals surface area contributed by atoms with E-state index in [1.165, 1.54) is 22.9 Å². The van der Waals surface area contributed by atoms with E-state index in [1.807, 2.05) is 6.07 Å². The lowest BCUT2D eigenvalue weighted by atomic mass is 10.1. The lowest BCUT2D eigenvalue weighted by Gasteiger charge is -2.22. The number of nitrogens with zero attached hydrogens (tertiary/aromatic N) is 3. The van der Waals surface area contributed by atoms with Crippen LogP contribution in [0.1, 0.15) is 62.6 Å². The molecule has 2 aromatic heterocycles. The molecular formula is C22H29N3O2. The summed E-state index contributed by atoms with van der Waals surface area (Å²) in [5.74, 6) is 2.31. The Morgan fingerprint density at radius 3 is 2.85 bits per heavy atom. The van der Waals surface area contributed by atoms with Crippen molar-refractivity contribution in [1.82, 2.24) is 14.6 Å². The van der Waals surface area contributed by atoms with E-state index in [0.29, 0.717) is 12.0 Å². The van der Waals surface area contributed by atoms with Crippen molar-refractivity contribution in [2.45, 2.75) is 58.7 Å². The van der Waals surface area contributed by atoms with Crippen LogP contribution in [-0.2, 0) is 13.1 Å². The average Bonchev–Trinajstić information content (AvgIpc) is 3.40. The fourth-order valence-electron chi connectivity index (χ4n) is 4.15. The van der Waals surface area contributed by atoms with Gasteiger partial charge < -0.3 is 13.8 Å². The van der Waals surface area contributed by atoms with Crippen LogP contribution >= 0.6 is 0 Å². The molecule has 0 aliphatic carbocycles. The second kappa shape index (κ2) is 7.39. The Labute approximate surface area is 160 Å². The number of fused-ring (bicyclic) bond motifs is 1. The van der Waals surface area contributed by atoms with Crippen LogP contribution in [0.15, 0.2) is 35.0 Å². The summed E-state index contributed by atoms with van der Waals surface area (Å²) in [6.07, 6.45) is 4.61. The average molecular weight is 367 g/mol. The topological polar surface area (TPSA) is 43.4 Å². The Morgan fingerprint density at radius 1 is 1.30 bits per heavy atom. The molecule has 3 aromatic rings. The van der Waals surface area contributed by atoms with Gasteiger partial charge in [-0.3, -0.25) is 4.90 Å². The smallest absolute Gasteiger partial charge is 0.154 e. The summed E-state index contributed by atoms with van der Waals surface area (Å²) in [5.41, 5.74) is 3.66. The standard InChI is InChI=1S/C22H29N3O2/c1-5-24-13-16(18-11-17(26-4)8-9-20(18)24)14-25-10-6-7-21(25)22-12-19(15(2)3)23-27-22/h8-9,11-13,15,21H,5-7,10,14H2,1-4H3/t21-/m1/s1. The van der Waals surface area contributed by atoms with E-state index >= 15 is 0 Å². The largest absolute Gasteiger partial charge is 0.497 e. The predicted molar refractivity (Wildman–Crippen MR) is 107 cm³/mol. The van der Waals surface area contributed by atoms with Crippen molar-refractivity contribution in [1.29, 1.82) is 0 Å². The van der Waals surface area contributed by atoms with Crippen LogP contribution in [0.25, 0.3) is 10.9 Å². The maximum Gasteiger partial charge on any atom is 0.154 e. The highest BCUT2D eigenvalue weighted by molar-refractivity contribution is 5.85. The van der Waals surface area contributed by atoms with E-state index < -0.39 is 0 Å². The second-order valence-corrected chi connectivity index (χ2v) is 7.76. The Hall–Kier alpha value is -2.27. The molecule has 0 saturated carbocycles. The Balaban J connectivity index is 1.64. The molecule has 5 heteroatoms. The summed E-state index contributed by atoms with van der Waals surface area (Å²) in [4.78, 5) is 2.53. The van der Waals surface area contributed by atoms with Gasteiger partial charge in [-0.1, -0.05) is 19.0 Å². The van der Waals surface area contributed by atoms with Crippen LogP contribution in [0.2, 0.25) is 0 Å². The number of ether oxygens (including phenoxy) is 1. The van der Waals surface area contributed by atoms with Crippen molar-refractivity contribution in [2.75, 3.05) is 13.7 Å². The van der Waals surface area contributed by atoms with Gasteiger partial charge in [0.1, 0.15) is 5.75 Å². The zero-order valence-corrected chi connectivity index (χ0v) is 16.7. The molecule has 0 spiro atoms. The minimum absolute atomic E-state index is 0.315. The molecule has 0 amide bonds. The normalized spacial score (nSPS) is 18.0. The maximum absolute atomic E-state index is 5.71. The van der Waals surface area contributed by atoms with Crippen molar-refractivity contribution >= 4 is 10.9 Å². The van der Waals surface area contributed by atoms with Gasteiger partial charge in [0.05, 0.1) is 18.8 Å². The zero-order valence-electron chi connectivity index (χ0n) is 16.7. The molecule has 4 rings (SSSR count). The summed E-state index contributed by atoms with van der Waals surface area (Å²) >= 11 is 0. The van der Waals surface area contributed by atoms with Gasteiger partial charge in [-0.05, 0) is 56.0 Å². The van der Waals surface area contributed by atoms with Gasteiger partial charge in [0.2, 0.25) is 0 Å². The maximum atomic E-state index is 5.71. The third-order valence-electron chi connectivity index (χ3n) is 5.72. The molecule has 1 aliphatic heterocycles. The van der Waals surface area contributed by atoms with Crippen LogP contribution in [0, 0.1) is 0 Å². The number of rotatable bonds is 6. The number of methoxy groups -OCH3 is 1. The molecule has 0 N–H and O–H groups in total. The third-order valence-corrected chi connectivity index (χ3v) is 5.72. The van der Waals surface area contributed by atoms with Crippen molar-refractivity contribution in [3.63, 3.8) is 0 Å². The number of hydrogen-bond donors (Lipinski definition) is 0. The summed E-state index contributed by atoms with van der Waals surface area (Å²) in [7, 11) is 1.73. The lowest BCUT2D eigenvalue weighted by molar-refractivity contribution is 0.207. The molecule has 1 aliphatic rings. The molecule has 0 radical (unpaired) electrons. The van der Waals surface area contributed by atoms with Crippen molar-refractivity contribution in [3.05, 3.63) is 47.5 Å². The van der Waals surface area contributed by atoms with Crippen LogP contribution in [0.3, 0.4) is 0 Å². The van der Waals surface area contributed by atoms with E-state index in [1.54, 1.807) is 7.11 Å². The van der Waals surface area contributed by atoms with Gasteiger partial charge in [-0.2, -0.15) is 0 Å². The number of likely N-dealkylation sites (tertiary alicyclic amines) is 1. The van der Waals surface area contributed by atoms with Gasteiger partial charge in [0.25, 0.3) is 0 Å². The minimum Gasteiger partial charge on any atom is -0.497 e. The van der Waals surface area contributed by atoms with E-state index in [-0.39, 0.29) is 0 Å². The fraction of sp³-hybridized carbons (Fsp3) is 0.500. The minimum atomic E-state index is 0.315. The molecule has 5 nitrogen and oxygen atoms in total. The van der Waals surface area contributed by atoms with Gasteiger partial charge in [0.15, 0.2) is 5.76 Å². The number of benzene rings is 1. The van der Waals surface area contributed by atoms with E-state index in [0.717, 1.165) is 43.3 Å². The van der Waals surface area contributed by atoms with E-state index in [9.17, 15) is 0 Å². The molecule has 1 saturated heterocycles. The summed E-state index contributed by atoms with van der Waals surface area (Å²) in [6.45, 7) is 9.46. The Kier molecular flexibility index (Phi) is 4.96. The second-order valence-electron chi connectivity index (χ2n) is 7.76. The van der Waals surface area contributed by atoms with Gasteiger partial charge in [-0.25, -0.2) is 0 Å². The molecule has 0 unspecified atom stereocenters. The summed E-state index contributed by atoms with van der Waals surface area (Å²) in [6, 6.07) is 8.82. The highest BCUT2D eigenvalue weighted by Crippen LogP contribution is 2.36. The van der Waals surface area contributed by atoms with Crippen molar-refractivity contribution < 1.29 is 9.26 Å². The fourth-order valence-corrected chi connectivity index (χ4v) is 4.15. The van der Waals surface area contributed by atoms with Gasteiger partial charge in [0, 0.05) is 36.3 Å². The Morgan fingerprint density at radius 2 is 2.15 bits per heavy atom. The third kappa shape index (κ3) is 3.36. The number of aryl methyl sites for hydroxylation is 1. The Bertz CT molecular complexity index is 925. The van der Waals surface area contributed by atoms with Gasteiger partial charge in [-0.15, -0.1) is 0 Å². The lowest BCUT2D eigenvalue weighted by Crippen LogP contribution is -2.22. The molecule has 1 atom stereocenters. The quantitative estimate of drug-likeness (QED) is 0.607. The van der Waals surface area contributed by atoms with Crippen LogP contribution in [0.5, 0.6) is 5.75 Å².